The molecule has 210 valence electrons. The van der Waals surface area contributed by atoms with E-state index in [0.29, 0.717) is 24.1 Å². The van der Waals surface area contributed by atoms with Crippen molar-refractivity contribution in [1.29, 1.82) is 0 Å². The van der Waals surface area contributed by atoms with Gasteiger partial charge in [0.2, 0.25) is 0 Å². The molecular weight excluding hydrogens is 522 g/mol. The highest BCUT2D eigenvalue weighted by Crippen LogP contribution is 2.35. The van der Waals surface area contributed by atoms with Crippen molar-refractivity contribution in [1.82, 2.24) is 19.3 Å². The van der Waals surface area contributed by atoms with Gasteiger partial charge in [-0.2, -0.15) is 13.2 Å². The van der Waals surface area contributed by atoms with Crippen LogP contribution in [-0.2, 0) is 11.2 Å². The van der Waals surface area contributed by atoms with Crippen LogP contribution in [0.1, 0.15) is 25.1 Å². The van der Waals surface area contributed by atoms with Gasteiger partial charge in [0.1, 0.15) is 11.5 Å². The number of rotatable bonds is 3. The first-order valence-electron chi connectivity index (χ1n) is 12.4. The molecule has 5 rings (SSSR count). The number of hydrogen-bond acceptors (Lipinski definition) is 6. The third kappa shape index (κ3) is 6.05. The topological polar surface area (TPSA) is 106 Å². The molecule has 14 heteroatoms. The number of carbonyl (C=O) groups is 2. The molecule has 0 radical (unpaired) electrons. The molecule has 2 amide bonds. The number of aromatic nitrogens is 3. The Morgan fingerprint density at radius 1 is 1.21 bits per heavy atom. The number of hydrogen-bond donors (Lipinski definition) is 2. The van der Waals surface area contributed by atoms with Gasteiger partial charge in [-0.15, -0.1) is 0 Å². The average molecular weight is 552 g/mol. The molecule has 0 bridgehead atoms. The van der Waals surface area contributed by atoms with E-state index in [9.17, 15) is 22.4 Å². The minimum absolute atomic E-state index is 0.119. The van der Waals surface area contributed by atoms with Crippen LogP contribution in [0.2, 0.25) is 0 Å². The summed E-state index contributed by atoms with van der Waals surface area (Å²) in [5, 5.41) is 9.84. The second kappa shape index (κ2) is 11.0. The molecule has 0 unspecified atom stereocenters. The van der Waals surface area contributed by atoms with Crippen molar-refractivity contribution >= 4 is 34.8 Å². The molecular formula is C25H29F4N7O3. The number of piperazine rings is 1. The molecule has 3 aromatic rings. The Morgan fingerprint density at radius 2 is 1.92 bits per heavy atom. The number of urea groups is 1. The number of alkyl halides is 3. The highest BCUT2D eigenvalue weighted by atomic mass is 19.4. The van der Waals surface area contributed by atoms with Gasteiger partial charge < -0.3 is 19.7 Å². The first kappa shape index (κ1) is 28.1. The van der Waals surface area contributed by atoms with E-state index >= 15 is 0 Å². The third-order valence-electron chi connectivity index (χ3n) is 6.75. The van der Waals surface area contributed by atoms with Crippen molar-refractivity contribution in [2.75, 3.05) is 47.8 Å². The monoisotopic (exact) mass is 551 g/mol. The van der Waals surface area contributed by atoms with Crippen LogP contribution in [0.4, 0.5) is 39.5 Å². The Kier molecular flexibility index (Phi) is 7.95. The number of carbonyl (C=O) groups excluding carboxylic acids is 1. The predicted molar refractivity (Wildman–Crippen MR) is 137 cm³/mol. The van der Waals surface area contributed by atoms with Gasteiger partial charge in [0.15, 0.2) is 5.82 Å². The number of aliphatic carboxylic acids is 1. The van der Waals surface area contributed by atoms with Crippen LogP contribution in [0.25, 0.3) is 5.65 Å². The Labute approximate surface area is 221 Å². The van der Waals surface area contributed by atoms with Gasteiger partial charge in [-0.05, 0) is 32.9 Å². The summed E-state index contributed by atoms with van der Waals surface area (Å²) < 4.78 is 48.0. The fourth-order valence-electron chi connectivity index (χ4n) is 4.86. The largest absolute Gasteiger partial charge is 0.490 e. The fourth-order valence-corrected chi connectivity index (χ4v) is 4.86. The van der Waals surface area contributed by atoms with E-state index < -0.39 is 18.0 Å². The summed E-state index contributed by atoms with van der Waals surface area (Å²) in [4.78, 5) is 37.2. The molecule has 39 heavy (non-hydrogen) atoms. The number of halogens is 4. The standard InChI is InChI=1S/C23H28FN7O.C2HF3O2/c1-4-28-9-10-29(13-16(28)3)20-5-7-25-22-17(20)6-8-31(22)23(32)27-19-14-30-12-15(2)26-21(30)11-18(19)24;3-2(4,5)1(6)7/h5,7,11-12,14,16H,4,6,8-10,13H2,1-3H3,(H,27,32);(H,6,7)/t16-;/m0./s1. The summed E-state index contributed by atoms with van der Waals surface area (Å²) in [5.41, 5.74) is 3.64. The number of likely N-dealkylation sites (N-methyl/N-ethyl adjacent to an activating group) is 1. The molecule has 2 N–H and O–H groups in total. The lowest BCUT2D eigenvalue weighted by Gasteiger charge is -2.41. The summed E-state index contributed by atoms with van der Waals surface area (Å²) in [6.07, 6.45) is 0.759. The predicted octanol–water partition coefficient (Wildman–Crippen LogP) is 3.94. The lowest BCUT2D eigenvalue weighted by molar-refractivity contribution is -0.192. The number of nitrogens with zero attached hydrogens (tertiary/aromatic N) is 6. The van der Waals surface area contributed by atoms with Crippen LogP contribution in [-0.4, -0.2) is 81.3 Å². The van der Waals surface area contributed by atoms with Crippen LogP contribution < -0.4 is 15.1 Å². The third-order valence-corrected chi connectivity index (χ3v) is 6.75. The summed E-state index contributed by atoms with van der Waals surface area (Å²) in [6, 6.07) is 3.47. The molecule has 0 saturated carbocycles. The maximum Gasteiger partial charge on any atom is 0.490 e. The highest BCUT2D eigenvalue weighted by Gasteiger charge is 2.38. The van der Waals surface area contributed by atoms with E-state index in [1.54, 1.807) is 27.9 Å². The number of imidazole rings is 1. The van der Waals surface area contributed by atoms with Gasteiger partial charge in [0.25, 0.3) is 0 Å². The van der Waals surface area contributed by atoms with E-state index in [1.165, 1.54) is 6.07 Å². The van der Waals surface area contributed by atoms with Crippen molar-refractivity contribution in [2.45, 2.75) is 39.4 Å². The molecule has 0 spiro atoms. The van der Waals surface area contributed by atoms with Crippen molar-refractivity contribution < 1.29 is 32.3 Å². The van der Waals surface area contributed by atoms with Gasteiger partial charge >= 0.3 is 18.2 Å². The van der Waals surface area contributed by atoms with Crippen LogP contribution in [0.5, 0.6) is 0 Å². The molecule has 0 aromatic carbocycles. The molecule has 0 aliphatic carbocycles. The average Bonchev–Trinajstić information content (AvgIpc) is 3.46. The SMILES string of the molecule is CCN1CCN(c2ccnc3c2CCN3C(=O)Nc2cn3cc(C)nc3cc2F)C[C@@H]1C.O=C(O)C(F)(F)F. The van der Waals surface area contributed by atoms with Gasteiger partial charge in [0, 0.05) is 68.1 Å². The second-order valence-electron chi connectivity index (χ2n) is 9.37. The quantitative estimate of drug-likeness (QED) is 0.475. The summed E-state index contributed by atoms with van der Waals surface area (Å²) >= 11 is 0. The van der Waals surface area contributed by atoms with Crippen molar-refractivity contribution in [2.24, 2.45) is 0 Å². The molecule has 3 aromatic heterocycles. The van der Waals surface area contributed by atoms with E-state index in [1.807, 2.05) is 13.0 Å². The van der Waals surface area contributed by atoms with Crippen molar-refractivity contribution in [3.63, 3.8) is 0 Å². The number of nitrogens with one attached hydrogen (secondary N) is 1. The first-order chi connectivity index (χ1) is 18.4. The van der Waals surface area contributed by atoms with Crippen LogP contribution in [0.3, 0.4) is 0 Å². The lowest BCUT2D eigenvalue weighted by Crippen LogP contribution is -2.52. The van der Waals surface area contributed by atoms with Crippen LogP contribution >= 0.6 is 0 Å². The minimum Gasteiger partial charge on any atom is -0.475 e. The number of fused-ring (bicyclic) bond motifs is 2. The number of carboxylic acids is 1. The maximum atomic E-state index is 14.6. The van der Waals surface area contributed by atoms with E-state index in [0.717, 1.165) is 49.5 Å². The zero-order valence-corrected chi connectivity index (χ0v) is 21.7. The van der Waals surface area contributed by atoms with Crippen molar-refractivity contribution in [3.8, 4) is 0 Å². The molecule has 10 nitrogen and oxygen atoms in total. The first-order valence-corrected chi connectivity index (χ1v) is 12.4. The Balaban J connectivity index is 0.000000448. The summed E-state index contributed by atoms with van der Waals surface area (Å²) in [7, 11) is 0. The van der Waals surface area contributed by atoms with Gasteiger partial charge in [-0.3, -0.25) is 9.80 Å². The lowest BCUT2D eigenvalue weighted by atomic mass is 10.1. The highest BCUT2D eigenvalue weighted by molar-refractivity contribution is 6.03. The summed E-state index contributed by atoms with van der Waals surface area (Å²) in [5.74, 6) is -2.61. The van der Waals surface area contributed by atoms with E-state index in [-0.39, 0.29) is 11.7 Å². The van der Waals surface area contributed by atoms with Crippen LogP contribution in [0, 0.1) is 12.7 Å². The van der Waals surface area contributed by atoms with Crippen molar-refractivity contribution in [3.05, 3.63) is 47.8 Å². The number of aryl methyl sites for hydroxylation is 1. The normalized spacial score (nSPS) is 17.6. The summed E-state index contributed by atoms with van der Waals surface area (Å²) in [6.45, 7) is 10.8. The number of carboxylic acid groups (broad SMARTS) is 1. The zero-order valence-electron chi connectivity index (χ0n) is 21.7. The molecule has 2 aliphatic rings. The smallest absolute Gasteiger partial charge is 0.475 e. The number of pyridine rings is 2. The molecule has 1 saturated heterocycles. The van der Waals surface area contributed by atoms with Crippen LogP contribution in [0.15, 0.2) is 30.7 Å². The molecule has 1 fully saturated rings. The molecule has 5 heterocycles. The number of amides is 2. The van der Waals surface area contributed by atoms with E-state index in [2.05, 4.69) is 38.9 Å². The second-order valence-corrected chi connectivity index (χ2v) is 9.37. The van der Waals surface area contributed by atoms with Gasteiger partial charge in [-0.1, -0.05) is 6.92 Å². The Bertz CT molecular complexity index is 1380. The van der Waals surface area contributed by atoms with E-state index in [4.69, 9.17) is 9.90 Å². The Morgan fingerprint density at radius 3 is 2.56 bits per heavy atom. The number of anilines is 3. The molecule has 2 aliphatic heterocycles. The maximum absolute atomic E-state index is 14.6. The van der Waals surface area contributed by atoms with Gasteiger partial charge in [0.05, 0.1) is 11.4 Å². The minimum atomic E-state index is -5.08. The zero-order chi connectivity index (χ0) is 28.5. The molecule has 1 atom stereocenters. The van der Waals surface area contributed by atoms with Gasteiger partial charge in [-0.25, -0.2) is 23.9 Å². The fraction of sp³-hybridized carbons (Fsp3) is 0.440. The Hall–Kier alpha value is -3.94.